The van der Waals surface area contributed by atoms with Crippen LogP contribution in [0, 0.1) is 32.6 Å². The largest absolute Gasteiger partial charge is 0.463 e. The number of ether oxygens (including phenoxy) is 1. The molecule has 1 aliphatic heterocycles. The van der Waals surface area contributed by atoms with Gasteiger partial charge in [-0.15, -0.1) is 11.3 Å². The first-order chi connectivity index (χ1) is 13.4. The number of likely N-dealkylation sites (tertiary alicyclic amines) is 1. The molecule has 2 aromatic rings. The normalized spacial score (nSPS) is 24.5. The van der Waals surface area contributed by atoms with Crippen molar-refractivity contribution in [1.29, 1.82) is 0 Å². The molecule has 4 rings (SSSR count). The third kappa shape index (κ3) is 4.26. The van der Waals surface area contributed by atoms with Crippen LogP contribution in [0.1, 0.15) is 40.4 Å². The molecule has 2 aromatic heterocycles. The highest BCUT2D eigenvalue weighted by Crippen LogP contribution is 2.46. The number of nitrogens with one attached hydrogen (secondary N) is 1. The summed E-state index contributed by atoms with van der Waals surface area (Å²) in [7, 11) is 2.24. The molecule has 1 aliphatic carbocycles. The van der Waals surface area contributed by atoms with Gasteiger partial charge in [0, 0.05) is 16.5 Å². The molecule has 3 heterocycles. The fraction of sp³-hybridized carbons (Fsp3) is 0.650. The molecule has 0 spiro atoms. The second-order valence-corrected chi connectivity index (χ2v) is 9.67. The Bertz CT molecular complexity index is 857. The molecule has 1 saturated carbocycles. The highest BCUT2D eigenvalue weighted by Gasteiger charge is 2.46. The summed E-state index contributed by atoms with van der Waals surface area (Å²) < 4.78 is 5.94. The van der Waals surface area contributed by atoms with E-state index < -0.39 is 0 Å². The summed E-state index contributed by atoms with van der Waals surface area (Å²) in [5.74, 6) is 2.08. The van der Waals surface area contributed by atoms with Crippen LogP contribution < -0.4 is 10.1 Å². The predicted octanol–water partition coefficient (Wildman–Crippen LogP) is 4.23. The third-order valence-electron chi connectivity index (χ3n) is 5.96. The number of hydrogen-bond acceptors (Lipinski definition) is 7. The van der Waals surface area contributed by atoms with E-state index in [-0.39, 0.29) is 0 Å². The van der Waals surface area contributed by atoms with Gasteiger partial charge in [0.1, 0.15) is 11.0 Å². The lowest BCUT2D eigenvalue weighted by Gasteiger charge is -2.19. The van der Waals surface area contributed by atoms with Crippen LogP contribution >= 0.6 is 22.9 Å². The lowest BCUT2D eigenvalue weighted by Crippen LogP contribution is -2.27. The minimum atomic E-state index is 0.362. The predicted molar refractivity (Wildman–Crippen MR) is 113 cm³/mol. The summed E-state index contributed by atoms with van der Waals surface area (Å²) in [6, 6.07) is 1.08. The quantitative estimate of drug-likeness (QED) is 0.675. The first kappa shape index (κ1) is 19.9. The van der Waals surface area contributed by atoms with Gasteiger partial charge in [0.25, 0.3) is 0 Å². The fourth-order valence-corrected chi connectivity index (χ4v) is 5.24. The summed E-state index contributed by atoms with van der Waals surface area (Å²) in [5, 5.41) is 4.88. The van der Waals surface area contributed by atoms with Crippen LogP contribution in [0.4, 0.5) is 5.82 Å². The maximum absolute atomic E-state index is 6.33. The van der Waals surface area contributed by atoms with Crippen molar-refractivity contribution < 1.29 is 4.74 Å². The Kier molecular flexibility index (Phi) is 5.76. The molecule has 6 nitrogen and oxygen atoms in total. The maximum atomic E-state index is 6.33. The standard InChI is InChI=1S/C20H28ClN5OS/c1-11-18(21)24-20(25-19(11)22-9-17-12(2)23-13(3)28-17)27-10-14-8-15(14)16-6-5-7-26(16)4/h14-16H,5-10H2,1-4H3,(H,22,24,25). The minimum Gasteiger partial charge on any atom is -0.463 e. The molecule has 3 atom stereocenters. The molecule has 28 heavy (non-hydrogen) atoms. The smallest absolute Gasteiger partial charge is 0.319 e. The summed E-state index contributed by atoms with van der Waals surface area (Å²) in [6.45, 7) is 8.53. The minimum absolute atomic E-state index is 0.362. The molecular weight excluding hydrogens is 394 g/mol. The first-order valence-electron chi connectivity index (χ1n) is 9.96. The SMILES string of the molecule is Cc1nc(C)c(CNc2nc(OCC3CC3C3CCCN3C)nc(Cl)c2C)s1. The van der Waals surface area contributed by atoms with E-state index in [0.29, 0.717) is 30.2 Å². The average molecular weight is 422 g/mol. The fourth-order valence-electron chi connectivity index (χ4n) is 4.20. The number of thiazole rings is 1. The Morgan fingerprint density at radius 2 is 2.07 bits per heavy atom. The van der Waals surface area contributed by atoms with E-state index in [4.69, 9.17) is 16.3 Å². The highest BCUT2D eigenvalue weighted by molar-refractivity contribution is 7.11. The molecule has 2 aliphatic rings. The molecule has 152 valence electrons. The van der Waals surface area contributed by atoms with Crippen LogP contribution in [-0.4, -0.2) is 46.1 Å². The zero-order valence-electron chi connectivity index (χ0n) is 17.0. The number of nitrogens with zero attached hydrogens (tertiary/aromatic N) is 4. The zero-order valence-corrected chi connectivity index (χ0v) is 18.5. The van der Waals surface area contributed by atoms with Gasteiger partial charge in [-0.05, 0) is 65.5 Å². The molecule has 8 heteroatoms. The van der Waals surface area contributed by atoms with Crippen molar-refractivity contribution in [3.05, 3.63) is 26.3 Å². The molecule has 1 N–H and O–H groups in total. The molecule has 0 radical (unpaired) electrons. The molecular formula is C20H28ClN5OS. The second-order valence-electron chi connectivity index (χ2n) is 8.03. The van der Waals surface area contributed by atoms with Gasteiger partial charge >= 0.3 is 6.01 Å². The molecule has 0 bridgehead atoms. The lowest BCUT2D eigenvalue weighted by atomic mass is 10.1. The topological polar surface area (TPSA) is 63.2 Å². The van der Waals surface area contributed by atoms with E-state index in [2.05, 4.69) is 32.2 Å². The lowest BCUT2D eigenvalue weighted by molar-refractivity contribution is 0.235. The average Bonchev–Trinajstić information content (AvgIpc) is 3.17. The van der Waals surface area contributed by atoms with E-state index >= 15 is 0 Å². The monoisotopic (exact) mass is 421 g/mol. The number of aryl methyl sites for hydroxylation is 2. The van der Waals surface area contributed by atoms with Gasteiger partial charge in [-0.3, -0.25) is 0 Å². The number of halogens is 1. The Morgan fingerprint density at radius 3 is 2.75 bits per heavy atom. The molecule has 1 saturated heterocycles. The van der Waals surface area contributed by atoms with Gasteiger partial charge in [0.2, 0.25) is 0 Å². The Labute approximate surface area is 175 Å². The molecule has 2 fully saturated rings. The molecule has 0 amide bonds. The van der Waals surface area contributed by atoms with Crippen molar-refractivity contribution in [3.8, 4) is 6.01 Å². The Morgan fingerprint density at radius 1 is 1.25 bits per heavy atom. The zero-order chi connectivity index (χ0) is 19.8. The number of aromatic nitrogens is 3. The maximum Gasteiger partial charge on any atom is 0.319 e. The summed E-state index contributed by atoms with van der Waals surface area (Å²) in [5.41, 5.74) is 1.89. The van der Waals surface area contributed by atoms with Gasteiger partial charge in [-0.25, -0.2) is 4.98 Å². The van der Waals surface area contributed by atoms with Crippen molar-refractivity contribution in [2.75, 3.05) is 25.5 Å². The highest BCUT2D eigenvalue weighted by atomic mass is 35.5. The van der Waals surface area contributed by atoms with Crippen LogP contribution in [0.5, 0.6) is 6.01 Å². The van der Waals surface area contributed by atoms with E-state index in [1.54, 1.807) is 11.3 Å². The van der Waals surface area contributed by atoms with Crippen LogP contribution in [0.15, 0.2) is 0 Å². The Balaban J connectivity index is 1.36. The van der Waals surface area contributed by atoms with Gasteiger partial charge in [0.05, 0.1) is 23.9 Å². The number of rotatable bonds is 7. The van der Waals surface area contributed by atoms with Crippen molar-refractivity contribution in [3.63, 3.8) is 0 Å². The van der Waals surface area contributed by atoms with Crippen LogP contribution in [-0.2, 0) is 6.54 Å². The van der Waals surface area contributed by atoms with E-state index in [1.165, 1.54) is 30.7 Å². The number of anilines is 1. The summed E-state index contributed by atoms with van der Waals surface area (Å²) in [4.78, 5) is 17.1. The van der Waals surface area contributed by atoms with Crippen LogP contribution in [0.25, 0.3) is 0 Å². The summed E-state index contributed by atoms with van der Waals surface area (Å²) >= 11 is 8.03. The molecule has 0 aromatic carbocycles. The van der Waals surface area contributed by atoms with Crippen molar-refractivity contribution in [2.45, 2.75) is 52.6 Å². The van der Waals surface area contributed by atoms with E-state index in [1.807, 2.05) is 20.8 Å². The van der Waals surface area contributed by atoms with Crippen molar-refractivity contribution in [2.24, 2.45) is 11.8 Å². The van der Waals surface area contributed by atoms with Crippen LogP contribution in [0.2, 0.25) is 5.15 Å². The summed E-state index contributed by atoms with van der Waals surface area (Å²) in [6.07, 6.45) is 3.87. The molecule has 3 unspecified atom stereocenters. The van der Waals surface area contributed by atoms with Gasteiger partial charge < -0.3 is 15.0 Å². The second kappa shape index (κ2) is 8.13. The van der Waals surface area contributed by atoms with Crippen molar-refractivity contribution in [1.82, 2.24) is 19.9 Å². The van der Waals surface area contributed by atoms with E-state index in [9.17, 15) is 0 Å². The van der Waals surface area contributed by atoms with E-state index in [0.717, 1.165) is 34.0 Å². The Hall–Kier alpha value is -1.44. The first-order valence-corrected chi connectivity index (χ1v) is 11.2. The third-order valence-corrected chi connectivity index (χ3v) is 7.40. The van der Waals surface area contributed by atoms with Gasteiger partial charge in [-0.1, -0.05) is 11.6 Å². The van der Waals surface area contributed by atoms with Crippen molar-refractivity contribution >= 4 is 28.8 Å². The van der Waals surface area contributed by atoms with Crippen LogP contribution in [0.3, 0.4) is 0 Å². The van der Waals surface area contributed by atoms with Gasteiger partial charge in [0.15, 0.2) is 0 Å². The van der Waals surface area contributed by atoms with Gasteiger partial charge in [-0.2, -0.15) is 9.97 Å². The number of hydrogen-bond donors (Lipinski definition) is 1.